The van der Waals surface area contributed by atoms with Crippen LogP contribution in [0.2, 0.25) is 0 Å². The number of aromatic nitrogens is 1. The molecule has 2 heterocycles. The lowest BCUT2D eigenvalue weighted by molar-refractivity contribution is 0.0644. The highest BCUT2D eigenvalue weighted by atomic mass is 32.2. The summed E-state index contributed by atoms with van der Waals surface area (Å²) in [5.74, 6) is 0.822. The number of sulfone groups is 1. The van der Waals surface area contributed by atoms with Gasteiger partial charge in [-0.25, -0.2) is 8.42 Å². The van der Waals surface area contributed by atoms with Crippen LogP contribution in [0.15, 0.2) is 24.3 Å². The second kappa shape index (κ2) is 8.03. The molecule has 0 bridgehead atoms. The lowest BCUT2D eigenvalue weighted by Crippen LogP contribution is -2.49. The molecule has 1 unspecified atom stereocenters. The Morgan fingerprint density at radius 1 is 1.17 bits per heavy atom. The Kier molecular flexibility index (Phi) is 5.62. The summed E-state index contributed by atoms with van der Waals surface area (Å²) in [6, 6.07) is 7.95. The number of fused-ring (bicyclic) bond motifs is 2. The average Bonchev–Trinajstić information content (AvgIpc) is 2.70. The van der Waals surface area contributed by atoms with E-state index in [1.807, 2.05) is 29.2 Å². The van der Waals surface area contributed by atoms with Gasteiger partial charge in [0.15, 0.2) is 0 Å². The molecule has 0 N–H and O–H groups in total. The molecule has 0 spiro atoms. The number of nitrogens with zero attached hydrogens (tertiary/aromatic N) is 3. The third-order valence-electron chi connectivity index (χ3n) is 6.16. The van der Waals surface area contributed by atoms with Crippen LogP contribution in [0.4, 0.5) is 0 Å². The summed E-state index contributed by atoms with van der Waals surface area (Å²) in [4.78, 5) is 22.5. The zero-order valence-electron chi connectivity index (χ0n) is 17.2. The molecule has 0 saturated carbocycles. The largest absolute Gasteiger partial charge is 0.336 e. The minimum Gasteiger partial charge on any atom is -0.336 e. The van der Waals surface area contributed by atoms with E-state index in [4.69, 9.17) is 4.98 Å². The van der Waals surface area contributed by atoms with Gasteiger partial charge >= 0.3 is 0 Å². The van der Waals surface area contributed by atoms with Crippen LogP contribution >= 0.6 is 0 Å². The molecular weight excluding hydrogens is 386 g/mol. The summed E-state index contributed by atoms with van der Waals surface area (Å²) in [5.41, 5.74) is 3.95. The van der Waals surface area contributed by atoms with Gasteiger partial charge in [0.25, 0.3) is 5.91 Å². The molecule has 29 heavy (non-hydrogen) atoms. The van der Waals surface area contributed by atoms with Crippen molar-refractivity contribution in [3.8, 4) is 0 Å². The Morgan fingerprint density at radius 3 is 2.62 bits per heavy atom. The summed E-state index contributed by atoms with van der Waals surface area (Å²) in [6.45, 7) is 5.46. The van der Waals surface area contributed by atoms with Crippen molar-refractivity contribution in [3.05, 3.63) is 41.1 Å². The molecule has 6 nitrogen and oxygen atoms in total. The normalized spacial score (nSPS) is 20.6. The van der Waals surface area contributed by atoms with E-state index in [2.05, 4.69) is 11.8 Å². The molecule has 1 aromatic carbocycles. The van der Waals surface area contributed by atoms with Gasteiger partial charge < -0.3 is 4.90 Å². The maximum absolute atomic E-state index is 13.6. The van der Waals surface area contributed by atoms with Crippen molar-refractivity contribution in [2.45, 2.75) is 26.2 Å². The molecule has 1 aromatic heterocycles. The third kappa shape index (κ3) is 4.46. The molecule has 1 saturated heterocycles. The predicted octanol–water partition coefficient (Wildman–Crippen LogP) is 2.16. The summed E-state index contributed by atoms with van der Waals surface area (Å²) in [5, 5.41) is 0.949. The number of benzene rings is 1. The lowest BCUT2D eigenvalue weighted by atomic mass is 9.83. The zero-order valence-corrected chi connectivity index (χ0v) is 18.0. The fourth-order valence-corrected chi connectivity index (χ4v) is 5.02. The maximum Gasteiger partial charge on any atom is 0.254 e. The van der Waals surface area contributed by atoms with Crippen molar-refractivity contribution in [2.75, 3.05) is 44.7 Å². The first kappa shape index (κ1) is 20.3. The number of aryl methyl sites for hydroxylation is 1. The Morgan fingerprint density at radius 2 is 1.90 bits per heavy atom. The number of hydrogen-bond donors (Lipinski definition) is 0. The van der Waals surface area contributed by atoms with Crippen LogP contribution in [0.5, 0.6) is 0 Å². The van der Waals surface area contributed by atoms with Crippen molar-refractivity contribution in [1.82, 2.24) is 14.8 Å². The molecule has 1 amide bonds. The SMILES string of the molecule is CC1CCc2nc3ccccc3c(C(=O)N3CCN(CCS(C)(=O)=O)CC3)c2C1. The van der Waals surface area contributed by atoms with Crippen LogP contribution in [0.1, 0.15) is 35.0 Å². The number of rotatable bonds is 4. The molecule has 2 aromatic rings. The summed E-state index contributed by atoms with van der Waals surface area (Å²) in [7, 11) is -2.97. The number of carbonyl (C=O) groups excluding carboxylic acids is 1. The van der Waals surface area contributed by atoms with Crippen molar-refractivity contribution in [1.29, 1.82) is 0 Å². The van der Waals surface area contributed by atoms with Gasteiger partial charge in [0.1, 0.15) is 9.84 Å². The first-order valence-electron chi connectivity index (χ1n) is 10.4. The van der Waals surface area contributed by atoms with Gasteiger partial charge in [0.2, 0.25) is 0 Å². The van der Waals surface area contributed by atoms with Gasteiger partial charge in [-0.2, -0.15) is 0 Å². The van der Waals surface area contributed by atoms with Gasteiger partial charge in [0, 0.05) is 50.1 Å². The second-order valence-corrected chi connectivity index (χ2v) is 10.8. The van der Waals surface area contributed by atoms with Gasteiger partial charge in [-0.3, -0.25) is 14.7 Å². The van der Waals surface area contributed by atoms with Crippen molar-refractivity contribution in [2.24, 2.45) is 5.92 Å². The molecule has 2 aliphatic rings. The van der Waals surface area contributed by atoms with Crippen LogP contribution in [-0.2, 0) is 22.7 Å². The predicted molar refractivity (Wildman–Crippen MR) is 115 cm³/mol. The van der Waals surface area contributed by atoms with Crippen molar-refractivity contribution >= 4 is 26.6 Å². The molecule has 1 aliphatic carbocycles. The maximum atomic E-state index is 13.6. The average molecular weight is 416 g/mol. The number of piperazine rings is 1. The molecule has 1 fully saturated rings. The molecular formula is C22H29N3O3S. The van der Waals surface area contributed by atoms with E-state index in [1.165, 1.54) is 6.26 Å². The van der Waals surface area contributed by atoms with Gasteiger partial charge in [-0.1, -0.05) is 25.1 Å². The number of hydrogen-bond acceptors (Lipinski definition) is 5. The number of carbonyl (C=O) groups is 1. The fraction of sp³-hybridized carbons (Fsp3) is 0.545. The smallest absolute Gasteiger partial charge is 0.254 e. The molecule has 1 atom stereocenters. The van der Waals surface area contributed by atoms with Crippen LogP contribution < -0.4 is 0 Å². The quantitative estimate of drug-likeness (QED) is 0.765. The van der Waals surface area contributed by atoms with Crippen LogP contribution in [-0.4, -0.2) is 73.8 Å². The van der Waals surface area contributed by atoms with E-state index in [9.17, 15) is 13.2 Å². The van der Waals surface area contributed by atoms with E-state index < -0.39 is 9.84 Å². The van der Waals surface area contributed by atoms with Crippen LogP contribution in [0.25, 0.3) is 10.9 Å². The van der Waals surface area contributed by atoms with Gasteiger partial charge in [-0.15, -0.1) is 0 Å². The van der Waals surface area contributed by atoms with E-state index >= 15 is 0 Å². The monoisotopic (exact) mass is 415 g/mol. The minimum absolute atomic E-state index is 0.0942. The molecule has 1 aliphatic heterocycles. The van der Waals surface area contributed by atoms with E-state index in [1.54, 1.807) is 0 Å². The fourth-order valence-electron chi connectivity index (χ4n) is 4.43. The van der Waals surface area contributed by atoms with Crippen LogP contribution in [0.3, 0.4) is 0 Å². The van der Waals surface area contributed by atoms with Crippen molar-refractivity contribution in [3.63, 3.8) is 0 Å². The highest BCUT2D eigenvalue weighted by Crippen LogP contribution is 2.32. The lowest BCUT2D eigenvalue weighted by Gasteiger charge is -2.35. The Balaban J connectivity index is 1.58. The van der Waals surface area contributed by atoms with Crippen molar-refractivity contribution < 1.29 is 13.2 Å². The molecule has 0 radical (unpaired) electrons. The number of pyridine rings is 1. The minimum atomic E-state index is -2.97. The topological polar surface area (TPSA) is 70.6 Å². The first-order valence-corrected chi connectivity index (χ1v) is 12.5. The zero-order chi connectivity index (χ0) is 20.6. The summed E-state index contributed by atoms with van der Waals surface area (Å²) in [6.07, 6.45) is 4.22. The van der Waals surface area contributed by atoms with Gasteiger partial charge in [0.05, 0.1) is 16.8 Å². The van der Waals surface area contributed by atoms with Crippen LogP contribution in [0, 0.1) is 5.92 Å². The summed E-state index contributed by atoms with van der Waals surface area (Å²) < 4.78 is 22.8. The Bertz CT molecular complexity index is 1030. The van der Waals surface area contributed by atoms with E-state index in [0.29, 0.717) is 38.6 Å². The number of para-hydroxylation sites is 1. The molecule has 4 rings (SSSR count). The van der Waals surface area contributed by atoms with E-state index in [-0.39, 0.29) is 11.7 Å². The first-order chi connectivity index (χ1) is 13.8. The van der Waals surface area contributed by atoms with E-state index in [0.717, 1.165) is 47.0 Å². The molecule has 156 valence electrons. The number of amides is 1. The standard InChI is InChI=1S/C22H29N3O3S/c1-16-7-8-20-18(15-16)21(17-5-3-4-6-19(17)23-20)22(26)25-11-9-24(10-12-25)13-14-29(2,27)28/h3-6,16H,7-15H2,1-2H3. The highest BCUT2D eigenvalue weighted by Gasteiger charge is 2.29. The van der Waals surface area contributed by atoms with Gasteiger partial charge in [-0.05, 0) is 36.8 Å². The third-order valence-corrected chi connectivity index (χ3v) is 7.08. The Hall–Kier alpha value is -1.99. The summed E-state index contributed by atoms with van der Waals surface area (Å²) >= 11 is 0. The Labute approximate surface area is 172 Å². The second-order valence-electron chi connectivity index (χ2n) is 8.54. The molecule has 7 heteroatoms. The highest BCUT2D eigenvalue weighted by molar-refractivity contribution is 7.90.